The lowest BCUT2D eigenvalue weighted by atomic mass is 10.2. The summed E-state index contributed by atoms with van der Waals surface area (Å²) < 4.78 is 5.23. The summed E-state index contributed by atoms with van der Waals surface area (Å²) >= 11 is 0. The third-order valence-corrected chi connectivity index (χ3v) is 2.83. The first-order valence-electron chi connectivity index (χ1n) is 5.94. The fraction of sp³-hybridized carbons (Fsp3) is 0.143. The van der Waals surface area contributed by atoms with Crippen molar-refractivity contribution in [2.75, 3.05) is 7.11 Å². The minimum absolute atomic E-state index is 0.441. The van der Waals surface area contributed by atoms with Gasteiger partial charge in [0.25, 0.3) is 0 Å². The van der Waals surface area contributed by atoms with Gasteiger partial charge in [-0.05, 0) is 22.9 Å². The monoisotopic (exact) mass is 255 g/mol. The van der Waals surface area contributed by atoms with Gasteiger partial charge in [0, 0.05) is 0 Å². The van der Waals surface area contributed by atoms with Gasteiger partial charge < -0.3 is 9.57 Å². The van der Waals surface area contributed by atoms with Gasteiger partial charge in [0.15, 0.2) is 5.52 Å². The number of fused-ring (bicyclic) bond motifs is 1. The molecule has 0 radical (unpaired) electrons. The second-order valence-electron chi connectivity index (χ2n) is 4.05. The van der Waals surface area contributed by atoms with Gasteiger partial charge in [0.2, 0.25) is 0 Å². The van der Waals surface area contributed by atoms with Crippen LogP contribution in [0, 0.1) is 0 Å². The van der Waals surface area contributed by atoms with Crippen molar-refractivity contribution >= 4 is 11.0 Å². The largest absolute Gasteiger partial charge is 0.494 e. The maximum Gasteiger partial charge on any atom is 0.158 e. The van der Waals surface area contributed by atoms with Gasteiger partial charge in [-0.25, -0.2) is 0 Å². The highest BCUT2D eigenvalue weighted by Crippen LogP contribution is 2.21. The van der Waals surface area contributed by atoms with Crippen LogP contribution in [0.3, 0.4) is 0 Å². The van der Waals surface area contributed by atoms with Crippen LogP contribution in [-0.4, -0.2) is 22.3 Å². The van der Waals surface area contributed by atoms with Crippen LogP contribution in [-0.2, 0) is 6.61 Å². The summed E-state index contributed by atoms with van der Waals surface area (Å²) in [5, 5.41) is 8.05. The molecule has 0 aliphatic carbocycles. The molecule has 0 bridgehead atoms. The number of methoxy groups -OCH3 is 1. The van der Waals surface area contributed by atoms with Crippen molar-refractivity contribution in [1.29, 1.82) is 0 Å². The van der Waals surface area contributed by atoms with E-state index in [4.69, 9.17) is 9.57 Å². The summed E-state index contributed by atoms with van der Waals surface area (Å²) in [6.07, 6.45) is 0. The Bertz CT molecular complexity index is 679. The van der Waals surface area contributed by atoms with E-state index in [1.54, 1.807) is 7.11 Å². The first-order valence-corrected chi connectivity index (χ1v) is 5.94. The zero-order valence-corrected chi connectivity index (χ0v) is 10.5. The topological polar surface area (TPSA) is 49.2 Å². The van der Waals surface area contributed by atoms with Crippen LogP contribution in [0.25, 0.3) is 11.0 Å². The van der Waals surface area contributed by atoms with Crippen molar-refractivity contribution in [2.24, 2.45) is 0 Å². The summed E-state index contributed by atoms with van der Waals surface area (Å²) in [6, 6.07) is 15.5. The molecular formula is C14H13N3O2. The normalized spacial score (nSPS) is 10.6. The molecule has 19 heavy (non-hydrogen) atoms. The molecule has 0 spiro atoms. The number of ether oxygens (including phenoxy) is 1. The molecule has 0 atom stereocenters. The molecular weight excluding hydrogens is 242 g/mol. The van der Waals surface area contributed by atoms with E-state index < -0.39 is 0 Å². The molecule has 96 valence electrons. The van der Waals surface area contributed by atoms with Crippen LogP contribution in [0.1, 0.15) is 5.56 Å². The minimum Gasteiger partial charge on any atom is -0.494 e. The molecule has 0 aliphatic heterocycles. The Morgan fingerprint density at radius 3 is 2.68 bits per heavy atom. The summed E-state index contributed by atoms with van der Waals surface area (Å²) in [6.45, 7) is 0.441. The fourth-order valence-corrected chi connectivity index (χ4v) is 1.87. The van der Waals surface area contributed by atoms with Crippen LogP contribution < -0.4 is 9.57 Å². The van der Waals surface area contributed by atoms with Crippen molar-refractivity contribution in [3.63, 3.8) is 0 Å². The molecule has 0 saturated heterocycles. The molecule has 0 N–H and O–H groups in total. The van der Waals surface area contributed by atoms with Gasteiger partial charge in [-0.1, -0.05) is 41.2 Å². The number of hydrogen-bond donors (Lipinski definition) is 0. The van der Waals surface area contributed by atoms with Crippen LogP contribution in [0.15, 0.2) is 48.5 Å². The van der Waals surface area contributed by atoms with Gasteiger partial charge in [0.1, 0.15) is 17.9 Å². The van der Waals surface area contributed by atoms with Gasteiger partial charge in [-0.3, -0.25) is 0 Å². The number of rotatable bonds is 4. The Hall–Kier alpha value is -2.56. The molecule has 0 amide bonds. The summed E-state index contributed by atoms with van der Waals surface area (Å²) in [7, 11) is 1.61. The van der Waals surface area contributed by atoms with Crippen LogP contribution in [0.4, 0.5) is 0 Å². The van der Waals surface area contributed by atoms with Crippen molar-refractivity contribution in [3.05, 3.63) is 54.1 Å². The lowest BCUT2D eigenvalue weighted by Gasteiger charge is -2.05. The molecule has 3 rings (SSSR count). The van der Waals surface area contributed by atoms with Crippen LogP contribution in [0.5, 0.6) is 5.75 Å². The Kier molecular flexibility index (Phi) is 3.02. The molecule has 5 heteroatoms. The summed E-state index contributed by atoms with van der Waals surface area (Å²) in [5.41, 5.74) is 2.56. The minimum atomic E-state index is 0.441. The van der Waals surface area contributed by atoms with Crippen LogP contribution in [0.2, 0.25) is 0 Å². The second-order valence-corrected chi connectivity index (χ2v) is 4.05. The molecule has 1 heterocycles. The fourth-order valence-electron chi connectivity index (χ4n) is 1.87. The van der Waals surface area contributed by atoms with Gasteiger partial charge in [-0.15, -0.1) is 5.10 Å². The molecule has 3 aromatic rings. The highest BCUT2D eigenvalue weighted by atomic mass is 16.7. The standard InChI is InChI=1S/C14H13N3O2/c1-18-13-9-5-8-12-14(13)15-16-17(12)19-10-11-6-3-2-4-7-11/h2-9H,10H2,1H3. The maximum atomic E-state index is 5.63. The van der Waals surface area contributed by atoms with Crippen molar-refractivity contribution < 1.29 is 9.57 Å². The average molecular weight is 255 g/mol. The molecule has 0 saturated carbocycles. The van der Waals surface area contributed by atoms with E-state index in [0.29, 0.717) is 17.9 Å². The number of hydrogen-bond acceptors (Lipinski definition) is 4. The zero-order valence-electron chi connectivity index (χ0n) is 10.5. The lowest BCUT2D eigenvalue weighted by Crippen LogP contribution is -2.12. The molecule has 0 unspecified atom stereocenters. The first-order chi connectivity index (χ1) is 9.38. The van der Waals surface area contributed by atoms with E-state index in [1.165, 1.54) is 4.85 Å². The zero-order chi connectivity index (χ0) is 13.1. The Morgan fingerprint density at radius 2 is 1.89 bits per heavy atom. The lowest BCUT2D eigenvalue weighted by molar-refractivity contribution is 0.0752. The Morgan fingerprint density at radius 1 is 1.05 bits per heavy atom. The first kappa shape index (κ1) is 11.5. The SMILES string of the molecule is COc1cccc2c1nnn2OCc1ccccc1. The van der Waals surface area contributed by atoms with Crippen LogP contribution >= 0.6 is 0 Å². The Labute approximate surface area is 110 Å². The number of aromatic nitrogens is 3. The summed E-state index contributed by atoms with van der Waals surface area (Å²) in [4.78, 5) is 7.05. The van der Waals surface area contributed by atoms with E-state index >= 15 is 0 Å². The highest BCUT2D eigenvalue weighted by molar-refractivity contribution is 5.80. The molecule has 0 fully saturated rings. The van der Waals surface area contributed by atoms with E-state index in [-0.39, 0.29) is 0 Å². The van der Waals surface area contributed by atoms with Gasteiger partial charge in [0.05, 0.1) is 7.11 Å². The van der Waals surface area contributed by atoms with Crippen molar-refractivity contribution in [1.82, 2.24) is 15.2 Å². The van der Waals surface area contributed by atoms with E-state index in [1.807, 2.05) is 48.5 Å². The maximum absolute atomic E-state index is 5.63. The Balaban J connectivity index is 1.86. The molecule has 1 aromatic heterocycles. The predicted octanol–water partition coefficient (Wildman–Crippen LogP) is 2.07. The molecule has 5 nitrogen and oxygen atoms in total. The molecule has 0 aliphatic rings. The number of benzene rings is 2. The van der Waals surface area contributed by atoms with Gasteiger partial charge in [-0.2, -0.15) is 0 Å². The number of nitrogens with zero attached hydrogens (tertiary/aromatic N) is 3. The van der Waals surface area contributed by atoms with E-state index in [9.17, 15) is 0 Å². The van der Waals surface area contributed by atoms with E-state index in [0.717, 1.165) is 11.1 Å². The smallest absolute Gasteiger partial charge is 0.158 e. The quantitative estimate of drug-likeness (QED) is 0.716. The van der Waals surface area contributed by atoms with Gasteiger partial charge >= 0.3 is 0 Å². The third-order valence-electron chi connectivity index (χ3n) is 2.83. The third kappa shape index (κ3) is 2.22. The van der Waals surface area contributed by atoms with Crippen molar-refractivity contribution in [2.45, 2.75) is 6.61 Å². The average Bonchev–Trinajstić information content (AvgIpc) is 2.89. The predicted molar refractivity (Wildman–Crippen MR) is 70.8 cm³/mol. The summed E-state index contributed by atoms with van der Waals surface area (Å²) in [5.74, 6) is 0.687. The molecule has 2 aromatic carbocycles. The second kappa shape index (κ2) is 4.97. The van der Waals surface area contributed by atoms with E-state index in [2.05, 4.69) is 10.3 Å². The van der Waals surface area contributed by atoms with Crippen molar-refractivity contribution in [3.8, 4) is 5.75 Å². The highest BCUT2D eigenvalue weighted by Gasteiger charge is 2.09.